The summed E-state index contributed by atoms with van der Waals surface area (Å²) in [6, 6.07) is 9.31. The van der Waals surface area contributed by atoms with Crippen LogP contribution in [0, 0.1) is 0 Å². The Morgan fingerprint density at radius 1 is 1.05 bits per heavy atom. The van der Waals surface area contributed by atoms with Crippen LogP contribution in [0.15, 0.2) is 41.5 Å². The molecule has 1 aromatic heterocycles. The van der Waals surface area contributed by atoms with Crippen molar-refractivity contribution in [3.63, 3.8) is 0 Å². The minimum Gasteiger partial charge on any atom is -0.286 e. The molecule has 1 aliphatic heterocycles. The van der Waals surface area contributed by atoms with E-state index in [1.165, 1.54) is 0 Å². The van der Waals surface area contributed by atoms with Gasteiger partial charge in [0.25, 0.3) is 0 Å². The molecule has 21 heavy (non-hydrogen) atoms. The van der Waals surface area contributed by atoms with Crippen LogP contribution in [0.1, 0.15) is 5.56 Å². The molecule has 0 atom stereocenters. The van der Waals surface area contributed by atoms with Crippen LogP contribution in [-0.2, 0) is 6.42 Å². The fraction of sp³-hybridized carbons (Fsp3) is 0.0667. The zero-order chi connectivity index (χ0) is 14.8. The molecule has 0 amide bonds. The van der Waals surface area contributed by atoms with E-state index in [9.17, 15) is 0 Å². The summed E-state index contributed by atoms with van der Waals surface area (Å²) in [5, 5.41) is 2.72. The van der Waals surface area contributed by atoms with E-state index in [1.807, 2.05) is 24.3 Å². The van der Waals surface area contributed by atoms with Crippen LogP contribution < -0.4 is 21.4 Å². The number of hydrogen-bond donors (Lipinski definition) is 2. The van der Waals surface area contributed by atoms with Crippen LogP contribution in [0.5, 0.6) is 0 Å². The molecule has 0 aliphatic carbocycles. The van der Waals surface area contributed by atoms with Crippen LogP contribution in [0.25, 0.3) is 12.4 Å². The standard InChI is InChI=1S/C15H12Cl2N4/c1-9-2-4-11(8-18-9)15-19-14(20-21-15)7-10-3-5-12(16)13(17)6-10/h2-6,8,21H,1,7H2,(H,19,20). The summed E-state index contributed by atoms with van der Waals surface area (Å²) in [6.07, 6.45) is 2.37. The number of rotatable bonds is 2. The molecule has 0 saturated carbocycles. The molecule has 2 N–H and O–H groups in total. The predicted molar refractivity (Wildman–Crippen MR) is 86.3 cm³/mol. The Morgan fingerprint density at radius 2 is 1.90 bits per heavy atom. The highest BCUT2D eigenvalue weighted by Crippen LogP contribution is 2.23. The lowest BCUT2D eigenvalue weighted by Crippen LogP contribution is -2.31. The van der Waals surface area contributed by atoms with Gasteiger partial charge in [-0.15, -0.1) is 0 Å². The molecule has 1 aliphatic rings. The Bertz CT molecular complexity index is 807. The van der Waals surface area contributed by atoms with Crippen molar-refractivity contribution < 1.29 is 0 Å². The van der Waals surface area contributed by atoms with Crippen LogP contribution in [0.3, 0.4) is 0 Å². The molecule has 4 nitrogen and oxygen atoms in total. The third-order valence-corrected chi connectivity index (χ3v) is 3.76. The first-order chi connectivity index (χ1) is 10.1. The molecule has 2 heterocycles. The third kappa shape index (κ3) is 3.17. The van der Waals surface area contributed by atoms with E-state index in [1.54, 1.807) is 12.3 Å². The Kier molecular flexibility index (Phi) is 3.82. The molecule has 6 heteroatoms. The van der Waals surface area contributed by atoms with Gasteiger partial charge in [-0.2, -0.15) is 0 Å². The quantitative estimate of drug-likeness (QED) is 0.884. The Labute approximate surface area is 131 Å². The highest BCUT2D eigenvalue weighted by Gasteiger charge is 2.11. The summed E-state index contributed by atoms with van der Waals surface area (Å²) in [6.45, 7) is 3.76. The largest absolute Gasteiger partial charge is 0.286 e. The second-order valence-corrected chi connectivity index (χ2v) is 5.43. The molecule has 2 aromatic rings. The monoisotopic (exact) mass is 318 g/mol. The van der Waals surface area contributed by atoms with Gasteiger partial charge in [0.2, 0.25) is 0 Å². The van der Waals surface area contributed by atoms with E-state index in [0.717, 1.165) is 27.8 Å². The van der Waals surface area contributed by atoms with Gasteiger partial charge in [0.1, 0.15) is 5.84 Å². The Balaban J connectivity index is 1.86. The van der Waals surface area contributed by atoms with Crippen LogP contribution in [0.4, 0.5) is 0 Å². The predicted octanol–water partition coefficient (Wildman–Crippen LogP) is 1.61. The average Bonchev–Trinajstić information content (AvgIpc) is 2.92. The van der Waals surface area contributed by atoms with Gasteiger partial charge in [-0.1, -0.05) is 35.8 Å². The van der Waals surface area contributed by atoms with Crippen molar-refractivity contribution in [3.05, 3.63) is 62.7 Å². The minimum absolute atomic E-state index is 0.542. The topological polar surface area (TPSA) is 49.3 Å². The maximum Gasteiger partial charge on any atom is 0.155 e. The van der Waals surface area contributed by atoms with Crippen molar-refractivity contribution in [1.29, 1.82) is 0 Å². The maximum absolute atomic E-state index is 6.01. The van der Waals surface area contributed by atoms with E-state index in [0.29, 0.717) is 16.5 Å². The molecular weight excluding hydrogens is 307 g/mol. The van der Waals surface area contributed by atoms with Crippen LogP contribution in [-0.4, -0.2) is 10.8 Å². The van der Waals surface area contributed by atoms with E-state index in [-0.39, 0.29) is 0 Å². The van der Waals surface area contributed by atoms with Gasteiger partial charge in [0.15, 0.2) is 5.82 Å². The van der Waals surface area contributed by atoms with Crippen LogP contribution >= 0.6 is 23.2 Å². The Hall–Kier alpha value is -2.04. The number of pyridine rings is 1. The summed E-state index contributed by atoms with van der Waals surface area (Å²) >= 11 is 11.9. The number of benzene rings is 1. The number of amidine groups is 1. The van der Waals surface area contributed by atoms with E-state index in [4.69, 9.17) is 23.2 Å². The molecule has 0 saturated heterocycles. The summed E-state index contributed by atoms with van der Waals surface area (Å²) in [7, 11) is 0. The summed E-state index contributed by atoms with van der Waals surface area (Å²) < 4.78 is 0. The number of nitrogens with zero attached hydrogens (tertiary/aromatic N) is 2. The van der Waals surface area contributed by atoms with Crippen molar-refractivity contribution >= 4 is 41.4 Å². The molecule has 1 aromatic carbocycles. The van der Waals surface area contributed by atoms with Gasteiger partial charge in [-0.05, 0) is 29.8 Å². The number of hydrazine groups is 1. The van der Waals surface area contributed by atoms with Gasteiger partial charge in [0, 0.05) is 17.8 Å². The van der Waals surface area contributed by atoms with Gasteiger partial charge in [-0.3, -0.25) is 15.8 Å². The number of hydrogen-bond acceptors (Lipinski definition) is 4. The summed E-state index contributed by atoms with van der Waals surface area (Å²) in [5.74, 6) is 1.54. The molecule has 0 fully saturated rings. The molecule has 0 unspecified atom stereocenters. The van der Waals surface area contributed by atoms with Gasteiger partial charge in [0.05, 0.1) is 15.4 Å². The van der Waals surface area contributed by atoms with E-state index >= 15 is 0 Å². The normalized spacial score (nSPS) is 16.2. The van der Waals surface area contributed by atoms with Gasteiger partial charge >= 0.3 is 0 Å². The van der Waals surface area contributed by atoms with Crippen molar-refractivity contribution in [2.24, 2.45) is 4.99 Å². The first-order valence-corrected chi connectivity index (χ1v) is 7.06. The lowest BCUT2D eigenvalue weighted by molar-refractivity contribution is 0.856. The van der Waals surface area contributed by atoms with Crippen molar-refractivity contribution in [1.82, 2.24) is 15.8 Å². The second kappa shape index (κ2) is 5.76. The minimum atomic E-state index is 0.542. The molecule has 0 radical (unpaired) electrons. The molecule has 0 spiro atoms. The van der Waals surface area contributed by atoms with Crippen LogP contribution in [0.2, 0.25) is 10.0 Å². The fourth-order valence-corrected chi connectivity index (χ4v) is 2.27. The van der Waals surface area contributed by atoms with Gasteiger partial charge in [-0.25, -0.2) is 4.99 Å². The van der Waals surface area contributed by atoms with Crippen molar-refractivity contribution in [2.75, 3.05) is 0 Å². The zero-order valence-corrected chi connectivity index (χ0v) is 12.5. The summed E-state index contributed by atoms with van der Waals surface area (Å²) in [4.78, 5) is 8.66. The smallest absolute Gasteiger partial charge is 0.155 e. The van der Waals surface area contributed by atoms with E-state index in [2.05, 4.69) is 27.4 Å². The number of aliphatic imine (C=N–C) groups is 1. The zero-order valence-electron chi connectivity index (χ0n) is 11.0. The van der Waals surface area contributed by atoms with Gasteiger partial charge < -0.3 is 0 Å². The first kappa shape index (κ1) is 13.9. The number of aromatic nitrogens is 1. The molecular formula is C15H12Cl2N4. The molecule has 3 rings (SSSR count). The maximum atomic E-state index is 6.01. The average molecular weight is 319 g/mol. The highest BCUT2D eigenvalue weighted by atomic mass is 35.5. The number of nitrogens with one attached hydrogen (secondary N) is 2. The molecule has 0 bridgehead atoms. The Morgan fingerprint density at radius 3 is 2.62 bits per heavy atom. The second-order valence-electron chi connectivity index (χ2n) is 4.62. The summed E-state index contributed by atoms with van der Waals surface area (Å²) in [5.41, 5.74) is 7.11. The SMILES string of the molecule is C=c1ccc(=C2N=C(Cc3ccc(Cl)c(Cl)c3)NN2)cn1. The lowest BCUT2D eigenvalue weighted by Gasteiger charge is -2.03. The highest BCUT2D eigenvalue weighted by molar-refractivity contribution is 6.42. The van der Waals surface area contributed by atoms with E-state index < -0.39 is 0 Å². The third-order valence-electron chi connectivity index (χ3n) is 3.03. The fourth-order valence-electron chi connectivity index (χ4n) is 1.95. The number of halogens is 2. The molecule has 106 valence electrons. The van der Waals surface area contributed by atoms with Crippen molar-refractivity contribution in [3.8, 4) is 0 Å². The van der Waals surface area contributed by atoms with Crippen molar-refractivity contribution in [2.45, 2.75) is 6.42 Å². The first-order valence-electron chi connectivity index (χ1n) is 6.31. The lowest BCUT2D eigenvalue weighted by atomic mass is 10.1.